The Labute approximate surface area is 142 Å². The van der Waals surface area contributed by atoms with E-state index in [1.807, 2.05) is 35.9 Å². The SMILES string of the molecule is CCn1cc(CN(C)CC(=O)Nc2cc(OC)ccc2OC)cn1. The van der Waals surface area contributed by atoms with E-state index in [2.05, 4.69) is 10.4 Å². The lowest BCUT2D eigenvalue weighted by atomic mass is 10.2. The van der Waals surface area contributed by atoms with Gasteiger partial charge in [-0.2, -0.15) is 5.10 Å². The molecule has 1 N–H and O–H groups in total. The van der Waals surface area contributed by atoms with Gasteiger partial charge in [-0.05, 0) is 26.1 Å². The smallest absolute Gasteiger partial charge is 0.238 e. The molecule has 0 aliphatic rings. The summed E-state index contributed by atoms with van der Waals surface area (Å²) in [6, 6.07) is 5.28. The lowest BCUT2D eigenvalue weighted by Crippen LogP contribution is -2.29. The fourth-order valence-electron chi connectivity index (χ4n) is 2.38. The molecule has 0 saturated heterocycles. The lowest BCUT2D eigenvalue weighted by molar-refractivity contribution is -0.117. The van der Waals surface area contributed by atoms with Gasteiger partial charge in [-0.1, -0.05) is 0 Å². The summed E-state index contributed by atoms with van der Waals surface area (Å²) in [6.07, 6.45) is 3.81. The van der Waals surface area contributed by atoms with Crippen LogP contribution in [0.4, 0.5) is 5.69 Å². The lowest BCUT2D eigenvalue weighted by Gasteiger charge is -2.16. The van der Waals surface area contributed by atoms with Crippen molar-refractivity contribution in [1.82, 2.24) is 14.7 Å². The van der Waals surface area contributed by atoms with Crippen LogP contribution in [0.3, 0.4) is 0 Å². The van der Waals surface area contributed by atoms with Gasteiger partial charge in [0.1, 0.15) is 11.5 Å². The second-order valence-electron chi connectivity index (χ2n) is 5.49. The van der Waals surface area contributed by atoms with E-state index in [4.69, 9.17) is 9.47 Å². The highest BCUT2D eigenvalue weighted by Gasteiger charge is 2.12. The second kappa shape index (κ2) is 8.35. The first-order valence-electron chi connectivity index (χ1n) is 7.77. The van der Waals surface area contributed by atoms with E-state index in [0.29, 0.717) is 23.7 Å². The number of aromatic nitrogens is 2. The molecular weight excluding hydrogens is 308 g/mol. The number of nitrogens with one attached hydrogen (secondary N) is 1. The highest BCUT2D eigenvalue weighted by Crippen LogP contribution is 2.28. The number of amides is 1. The molecular formula is C17H24N4O3. The fourth-order valence-corrected chi connectivity index (χ4v) is 2.38. The summed E-state index contributed by atoms with van der Waals surface area (Å²) in [5.74, 6) is 1.13. The van der Waals surface area contributed by atoms with Crippen LogP contribution in [-0.4, -0.2) is 48.4 Å². The van der Waals surface area contributed by atoms with Crippen molar-refractivity contribution >= 4 is 11.6 Å². The summed E-state index contributed by atoms with van der Waals surface area (Å²) in [4.78, 5) is 14.2. The predicted octanol–water partition coefficient (Wildman–Crippen LogP) is 1.99. The number of hydrogen-bond donors (Lipinski definition) is 1. The van der Waals surface area contributed by atoms with Crippen molar-refractivity contribution in [2.45, 2.75) is 20.0 Å². The number of nitrogens with zero attached hydrogens (tertiary/aromatic N) is 3. The molecule has 130 valence electrons. The van der Waals surface area contributed by atoms with Crippen molar-refractivity contribution in [3.8, 4) is 11.5 Å². The number of carbonyl (C=O) groups is 1. The van der Waals surface area contributed by atoms with Gasteiger partial charge in [-0.25, -0.2) is 0 Å². The van der Waals surface area contributed by atoms with Crippen molar-refractivity contribution in [3.63, 3.8) is 0 Å². The summed E-state index contributed by atoms with van der Waals surface area (Å²) in [6.45, 7) is 3.79. The Morgan fingerprint density at radius 1 is 1.33 bits per heavy atom. The third-order valence-corrected chi connectivity index (χ3v) is 3.56. The average molecular weight is 332 g/mol. The Bertz CT molecular complexity index is 684. The number of rotatable bonds is 8. The van der Waals surface area contributed by atoms with Crippen molar-refractivity contribution in [2.75, 3.05) is 33.1 Å². The molecule has 1 amide bonds. The number of benzene rings is 1. The van der Waals surface area contributed by atoms with Crippen LogP contribution in [0, 0.1) is 0 Å². The van der Waals surface area contributed by atoms with Crippen LogP contribution in [0.2, 0.25) is 0 Å². The minimum absolute atomic E-state index is 0.119. The van der Waals surface area contributed by atoms with Gasteiger partial charge in [0, 0.05) is 30.9 Å². The van der Waals surface area contributed by atoms with E-state index in [9.17, 15) is 4.79 Å². The molecule has 0 spiro atoms. The van der Waals surface area contributed by atoms with Crippen LogP contribution < -0.4 is 14.8 Å². The normalized spacial score (nSPS) is 10.7. The molecule has 0 radical (unpaired) electrons. The molecule has 1 aromatic carbocycles. The van der Waals surface area contributed by atoms with Gasteiger partial charge in [0.15, 0.2) is 0 Å². The quantitative estimate of drug-likeness (QED) is 0.801. The first-order valence-corrected chi connectivity index (χ1v) is 7.77. The maximum Gasteiger partial charge on any atom is 0.238 e. The summed E-state index contributed by atoms with van der Waals surface area (Å²) >= 11 is 0. The molecule has 7 nitrogen and oxygen atoms in total. The minimum Gasteiger partial charge on any atom is -0.497 e. The van der Waals surface area contributed by atoms with E-state index in [1.54, 1.807) is 32.4 Å². The molecule has 0 unspecified atom stereocenters. The molecule has 0 aliphatic carbocycles. The molecule has 2 aromatic rings. The maximum atomic E-state index is 12.3. The Hall–Kier alpha value is -2.54. The molecule has 7 heteroatoms. The Balaban J connectivity index is 1.94. The maximum absolute atomic E-state index is 12.3. The zero-order valence-electron chi connectivity index (χ0n) is 14.6. The molecule has 1 aromatic heterocycles. The van der Waals surface area contributed by atoms with Crippen LogP contribution in [0.25, 0.3) is 0 Å². The molecule has 0 bridgehead atoms. The van der Waals surface area contributed by atoms with Crippen LogP contribution >= 0.6 is 0 Å². The zero-order valence-corrected chi connectivity index (χ0v) is 14.6. The zero-order chi connectivity index (χ0) is 17.5. The Morgan fingerprint density at radius 3 is 2.75 bits per heavy atom. The Kier molecular flexibility index (Phi) is 6.20. The first kappa shape index (κ1) is 17.8. The number of likely N-dealkylation sites (N-methyl/N-ethyl adjacent to an activating group) is 1. The van der Waals surface area contributed by atoms with Gasteiger partial charge in [0.25, 0.3) is 0 Å². The molecule has 2 rings (SSSR count). The fraction of sp³-hybridized carbons (Fsp3) is 0.412. The third-order valence-electron chi connectivity index (χ3n) is 3.56. The molecule has 0 saturated carbocycles. The highest BCUT2D eigenvalue weighted by atomic mass is 16.5. The minimum atomic E-state index is -0.119. The van der Waals surface area contributed by atoms with Crippen molar-refractivity contribution in [2.24, 2.45) is 0 Å². The third kappa shape index (κ3) is 4.73. The second-order valence-corrected chi connectivity index (χ2v) is 5.49. The number of hydrogen-bond acceptors (Lipinski definition) is 5. The van der Waals surface area contributed by atoms with E-state index in [-0.39, 0.29) is 12.5 Å². The van der Waals surface area contributed by atoms with Gasteiger partial charge < -0.3 is 14.8 Å². The standard InChI is InChI=1S/C17H24N4O3/c1-5-21-11-13(9-18-21)10-20(2)12-17(22)19-15-8-14(23-3)6-7-16(15)24-4/h6-9,11H,5,10,12H2,1-4H3,(H,19,22). The number of carbonyl (C=O) groups excluding carboxylic acids is 1. The van der Waals surface area contributed by atoms with E-state index >= 15 is 0 Å². The molecule has 1 heterocycles. The van der Waals surface area contributed by atoms with Gasteiger partial charge in [0.2, 0.25) is 5.91 Å². The van der Waals surface area contributed by atoms with E-state index in [1.165, 1.54) is 0 Å². The monoisotopic (exact) mass is 332 g/mol. The molecule has 0 aliphatic heterocycles. The number of aryl methyl sites for hydroxylation is 1. The average Bonchev–Trinajstić information content (AvgIpc) is 3.01. The molecule has 24 heavy (non-hydrogen) atoms. The first-order chi connectivity index (χ1) is 11.5. The summed E-state index contributed by atoms with van der Waals surface area (Å²) < 4.78 is 12.3. The summed E-state index contributed by atoms with van der Waals surface area (Å²) in [7, 11) is 5.04. The summed E-state index contributed by atoms with van der Waals surface area (Å²) in [5, 5.41) is 7.10. The number of anilines is 1. The van der Waals surface area contributed by atoms with Gasteiger partial charge in [-0.15, -0.1) is 0 Å². The predicted molar refractivity (Wildman–Crippen MR) is 92.4 cm³/mol. The Morgan fingerprint density at radius 2 is 2.12 bits per heavy atom. The van der Waals surface area contributed by atoms with E-state index in [0.717, 1.165) is 12.1 Å². The largest absolute Gasteiger partial charge is 0.497 e. The van der Waals surface area contributed by atoms with Crippen molar-refractivity contribution in [3.05, 3.63) is 36.2 Å². The van der Waals surface area contributed by atoms with E-state index < -0.39 is 0 Å². The number of ether oxygens (including phenoxy) is 2. The van der Waals surface area contributed by atoms with Crippen LogP contribution in [0.1, 0.15) is 12.5 Å². The van der Waals surface area contributed by atoms with Gasteiger partial charge >= 0.3 is 0 Å². The van der Waals surface area contributed by atoms with Crippen molar-refractivity contribution < 1.29 is 14.3 Å². The van der Waals surface area contributed by atoms with Crippen LogP contribution in [-0.2, 0) is 17.9 Å². The van der Waals surface area contributed by atoms with Gasteiger partial charge in [-0.3, -0.25) is 14.4 Å². The van der Waals surface area contributed by atoms with Gasteiger partial charge in [0.05, 0.1) is 32.6 Å². The topological polar surface area (TPSA) is 68.6 Å². The summed E-state index contributed by atoms with van der Waals surface area (Å²) in [5.41, 5.74) is 1.67. The molecule has 0 fully saturated rings. The number of methoxy groups -OCH3 is 2. The van der Waals surface area contributed by atoms with Crippen LogP contribution in [0.5, 0.6) is 11.5 Å². The molecule has 0 atom stereocenters. The highest BCUT2D eigenvalue weighted by molar-refractivity contribution is 5.93. The van der Waals surface area contributed by atoms with Crippen LogP contribution in [0.15, 0.2) is 30.6 Å². The van der Waals surface area contributed by atoms with Crippen molar-refractivity contribution in [1.29, 1.82) is 0 Å².